The molecule has 0 saturated heterocycles. The molecule has 0 aromatic rings. The van der Waals surface area contributed by atoms with Gasteiger partial charge in [-0.3, -0.25) is 18.6 Å². The Balaban J connectivity index is 4.28. The van der Waals surface area contributed by atoms with Gasteiger partial charge >= 0.3 is 19.8 Å². The topological polar surface area (TPSA) is 134 Å². The molecule has 3 N–H and O–H groups in total. The molecule has 364 valence electrons. The van der Waals surface area contributed by atoms with E-state index in [1.807, 2.05) is 0 Å². The predicted octanol–water partition coefficient (Wildman–Crippen LogP) is 14.8. The van der Waals surface area contributed by atoms with Crippen molar-refractivity contribution in [3.8, 4) is 0 Å². The van der Waals surface area contributed by atoms with Crippen molar-refractivity contribution < 1.29 is 37.6 Å². The van der Waals surface area contributed by atoms with Crippen LogP contribution in [0.5, 0.6) is 0 Å². The molecule has 0 aromatic heterocycles. The Kier molecular flexibility index (Phi) is 46.2. The Hall–Kier alpha value is -4.11. The van der Waals surface area contributed by atoms with Crippen molar-refractivity contribution in [3.63, 3.8) is 0 Å². The summed E-state index contributed by atoms with van der Waals surface area (Å²) in [5.74, 6) is -0.925. The fourth-order valence-electron chi connectivity index (χ4n) is 5.70. The summed E-state index contributed by atoms with van der Waals surface area (Å²) < 4.78 is 32.8. The van der Waals surface area contributed by atoms with E-state index in [2.05, 4.69) is 160 Å². The molecular formula is C55H86NO8P. The summed E-state index contributed by atoms with van der Waals surface area (Å²) in [5.41, 5.74) is 5.36. The maximum atomic E-state index is 12.6. The van der Waals surface area contributed by atoms with E-state index in [-0.39, 0.29) is 32.6 Å². The Morgan fingerprint density at radius 2 is 0.800 bits per heavy atom. The van der Waals surface area contributed by atoms with Gasteiger partial charge in [-0.05, 0) is 116 Å². The first kappa shape index (κ1) is 60.9. The lowest BCUT2D eigenvalue weighted by molar-refractivity contribution is -0.161. The van der Waals surface area contributed by atoms with Gasteiger partial charge in [-0.25, -0.2) is 4.57 Å². The van der Waals surface area contributed by atoms with Crippen molar-refractivity contribution in [2.75, 3.05) is 26.4 Å². The molecule has 0 radical (unpaired) electrons. The van der Waals surface area contributed by atoms with Crippen LogP contribution >= 0.6 is 7.82 Å². The molecule has 0 aliphatic heterocycles. The lowest BCUT2D eigenvalue weighted by Gasteiger charge is -2.19. The summed E-state index contributed by atoms with van der Waals surface area (Å²) in [7, 11) is -4.41. The van der Waals surface area contributed by atoms with Crippen molar-refractivity contribution in [2.45, 2.75) is 161 Å². The van der Waals surface area contributed by atoms with E-state index in [1.54, 1.807) is 0 Å². The van der Waals surface area contributed by atoms with Gasteiger partial charge in [0.25, 0.3) is 0 Å². The van der Waals surface area contributed by atoms with Crippen LogP contribution < -0.4 is 5.73 Å². The number of phosphoric acid groups is 1. The van der Waals surface area contributed by atoms with Gasteiger partial charge in [0.15, 0.2) is 6.10 Å². The molecule has 0 bridgehead atoms. The number of ether oxygens (including phenoxy) is 2. The Morgan fingerprint density at radius 3 is 1.20 bits per heavy atom. The summed E-state index contributed by atoms with van der Waals surface area (Å²) in [6.45, 7) is 3.39. The first-order valence-corrected chi connectivity index (χ1v) is 25.8. The summed E-state index contributed by atoms with van der Waals surface area (Å²) in [4.78, 5) is 35.0. The number of rotatable bonds is 43. The van der Waals surface area contributed by atoms with Gasteiger partial charge in [-0.2, -0.15) is 0 Å². The van der Waals surface area contributed by atoms with Crippen molar-refractivity contribution in [3.05, 3.63) is 146 Å². The number of esters is 2. The number of nitrogens with two attached hydrogens (primary N) is 1. The minimum atomic E-state index is -4.41. The molecule has 0 rings (SSSR count). The van der Waals surface area contributed by atoms with Gasteiger partial charge in [0, 0.05) is 19.4 Å². The van der Waals surface area contributed by atoms with Crippen molar-refractivity contribution in [1.82, 2.24) is 0 Å². The molecule has 0 heterocycles. The average Bonchev–Trinajstić information content (AvgIpc) is 3.30. The van der Waals surface area contributed by atoms with Crippen LogP contribution in [-0.2, 0) is 32.7 Å². The van der Waals surface area contributed by atoms with Crippen LogP contribution in [0.3, 0.4) is 0 Å². The van der Waals surface area contributed by atoms with E-state index in [4.69, 9.17) is 24.3 Å². The zero-order chi connectivity index (χ0) is 47.4. The normalized spacial score (nSPS) is 14.5. The summed E-state index contributed by atoms with van der Waals surface area (Å²) in [6, 6.07) is 0. The third-order valence-corrected chi connectivity index (χ3v) is 10.2. The molecule has 9 nitrogen and oxygen atoms in total. The van der Waals surface area contributed by atoms with Crippen LogP contribution in [0.2, 0.25) is 0 Å². The fraction of sp³-hybridized carbons (Fsp3) is 0.527. The van der Waals surface area contributed by atoms with Crippen LogP contribution in [0.4, 0.5) is 0 Å². The van der Waals surface area contributed by atoms with Gasteiger partial charge in [-0.1, -0.05) is 173 Å². The Bertz CT molecular complexity index is 1560. The van der Waals surface area contributed by atoms with E-state index in [1.165, 1.54) is 0 Å². The standard InChI is InChI=1S/C55H86NO8P/c1-3-5-7-9-11-13-15-17-19-21-23-25-26-28-30-32-34-36-38-40-42-44-46-48-55(58)64-53(52-63-65(59,60)62-50-49-56)51-61-54(57)47-45-43-41-39-37-35-33-31-29-27-24-22-20-18-16-14-12-10-8-6-4-2/h5-8,11-14,17-20,23-25,27-28,30-31,33-34,36-37,39,53H,3-4,9-10,15-16,21-22,26,29,32,35,38,40-52,56H2,1-2H3,(H,59,60)/b7-5-,8-6-,13-11-,14-12-,19-17-,20-18-,25-23-,27-24-,30-28-,33-31-,36-34-,39-37-. The number of phosphoric ester groups is 1. The van der Waals surface area contributed by atoms with Gasteiger partial charge in [0.2, 0.25) is 0 Å². The van der Waals surface area contributed by atoms with Crippen LogP contribution in [0, 0.1) is 0 Å². The molecule has 2 unspecified atom stereocenters. The molecule has 0 aliphatic carbocycles. The molecule has 0 spiro atoms. The van der Waals surface area contributed by atoms with Gasteiger partial charge < -0.3 is 20.1 Å². The molecular weight excluding hydrogens is 834 g/mol. The zero-order valence-electron chi connectivity index (χ0n) is 40.1. The van der Waals surface area contributed by atoms with E-state index >= 15 is 0 Å². The highest BCUT2D eigenvalue weighted by atomic mass is 31.2. The molecule has 0 amide bonds. The van der Waals surface area contributed by atoms with Crippen LogP contribution in [-0.4, -0.2) is 49.3 Å². The quantitative estimate of drug-likeness (QED) is 0.0265. The Labute approximate surface area is 395 Å². The lowest BCUT2D eigenvalue weighted by atomic mass is 10.1. The third kappa shape index (κ3) is 49.2. The zero-order valence-corrected chi connectivity index (χ0v) is 41.0. The number of hydrogen-bond acceptors (Lipinski definition) is 8. The second-order valence-corrected chi connectivity index (χ2v) is 16.7. The first-order chi connectivity index (χ1) is 31.8. The Morgan fingerprint density at radius 1 is 0.462 bits per heavy atom. The smallest absolute Gasteiger partial charge is 0.462 e. The fourth-order valence-corrected chi connectivity index (χ4v) is 6.46. The van der Waals surface area contributed by atoms with E-state index < -0.39 is 32.5 Å². The lowest BCUT2D eigenvalue weighted by Crippen LogP contribution is -2.29. The minimum Gasteiger partial charge on any atom is -0.462 e. The van der Waals surface area contributed by atoms with Crippen LogP contribution in [0.1, 0.15) is 155 Å². The van der Waals surface area contributed by atoms with Gasteiger partial charge in [0.05, 0.1) is 13.2 Å². The van der Waals surface area contributed by atoms with Crippen LogP contribution in [0.25, 0.3) is 0 Å². The molecule has 2 atom stereocenters. The monoisotopic (exact) mass is 920 g/mol. The minimum absolute atomic E-state index is 0.0332. The van der Waals surface area contributed by atoms with Gasteiger partial charge in [-0.15, -0.1) is 0 Å². The largest absolute Gasteiger partial charge is 0.472 e. The summed E-state index contributed by atoms with van der Waals surface area (Å²) >= 11 is 0. The predicted molar refractivity (Wildman–Crippen MR) is 274 cm³/mol. The van der Waals surface area contributed by atoms with E-state index in [0.717, 1.165) is 116 Å². The van der Waals surface area contributed by atoms with E-state index in [0.29, 0.717) is 12.8 Å². The maximum Gasteiger partial charge on any atom is 0.472 e. The molecule has 10 heteroatoms. The number of unbranched alkanes of at least 4 members (excludes halogenated alkanes) is 6. The molecule has 65 heavy (non-hydrogen) atoms. The molecule has 0 aromatic carbocycles. The number of carbonyl (C=O) groups excluding carboxylic acids is 2. The highest BCUT2D eigenvalue weighted by Crippen LogP contribution is 2.43. The van der Waals surface area contributed by atoms with Crippen molar-refractivity contribution in [2.24, 2.45) is 5.73 Å². The third-order valence-electron chi connectivity index (χ3n) is 9.22. The number of carbonyl (C=O) groups is 2. The first-order valence-electron chi connectivity index (χ1n) is 24.3. The summed E-state index contributed by atoms with van der Waals surface area (Å²) in [6.07, 6.45) is 70.2. The summed E-state index contributed by atoms with van der Waals surface area (Å²) in [5, 5.41) is 0. The number of hydrogen-bond donors (Lipinski definition) is 2. The van der Waals surface area contributed by atoms with Crippen LogP contribution in [0.15, 0.2) is 146 Å². The highest BCUT2D eigenvalue weighted by molar-refractivity contribution is 7.47. The second kappa shape index (κ2) is 49.3. The number of allylic oxidation sites excluding steroid dienone is 24. The SMILES string of the molecule is CC/C=C\C/C=C\C/C=C\C/C=C\C/C=C\C/C=C\CCCCCCC(=O)OC(COC(=O)CCCC/C=C\C/C=C\C/C=C\C/C=C\C/C=C\C/C=C\CC)COP(=O)(O)OCCN. The van der Waals surface area contributed by atoms with Crippen molar-refractivity contribution >= 4 is 19.8 Å². The highest BCUT2D eigenvalue weighted by Gasteiger charge is 2.26. The molecule has 0 aliphatic rings. The molecule has 0 saturated carbocycles. The molecule has 0 fully saturated rings. The second-order valence-electron chi connectivity index (χ2n) is 15.2. The van der Waals surface area contributed by atoms with E-state index in [9.17, 15) is 19.0 Å². The van der Waals surface area contributed by atoms with Crippen molar-refractivity contribution in [1.29, 1.82) is 0 Å². The van der Waals surface area contributed by atoms with Gasteiger partial charge in [0.1, 0.15) is 6.61 Å². The maximum absolute atomic E-state index is 12.6. The average molecular weight is 920 g/mol.